The van der Waals surface area contributed by atoms with E-state index in [0.717, 1.165) is 18.9 Å². The first-order chi connectivity index (χ1) is 8.77. The Morgan fingerprint density at radius 2 is 1.72 bits per heavy atom. The van der Waals surface area contributed by atoms with Crippen molar-refractivity contribution in [3.05, 3.63) is 18.3 Å². The van der Waals surface area contributed by atoms with E-state index >= 15 is 0 Å². The van der Waals surface area contributed by atoms with Gasteiger partial charge in [0.2, 0.25) is 5.95 Å². The van der Waals surface area contributed by atoms with Crippen LogP contribution in [-0.4, -0.2) is 23.1 Å². The molecule has 2 aliphatic rings. The van der Waals surface area contributed by atoms with Crippen molar-refractivity contribution in [1.29, 1.82) is 0 Å². The molecule has 1 saturated carbocycles. The van der Waals surface area contributed by atoms with Crippen molar-refractivity contribution >= 4 is 5.82 Å². The first kappa shape index (κ1) is 11.9. The van der Waals surface area contributed by atoms with Gasteiger partial charge in [0.05, 0.1) is 0 Å². The summed E-state index contributed by atoms with van der Waals surface area (Å²) < 4.78 is 13.1. The molecular formula is C14H20FN3. The van der Waals surface area contributed by atoms with Crippen LogP contribution in [0.15, 0.2) is 12.4 Å². The summed E-state index contributed by atoms with van der Waals surface area (Å²) in [5, 5.41) is 0. The first-order valence-corrected chi connectivity index (χ1v) is 7.00. The van der Waals surface area contributed by atoms with Crippen LogP contribution < -0.4 is 4.90 Å². The van der Waals surface area contributed by atoms with Gasteiger partial charge in [-0.3, -0.25) is 0 Å². The van der Waals surface area contributed by atoms with Crippen molar-refractivity contribution in [3.63, 3.8) is 0 Å². The molecule has 1 aliphatic heterocycles. The molecule has 2 fully saturated rings. The molecule has 1 saturated heterocycles. The average Bonchev–Trinajstić information content (AvgIpc) is 2.40. The lowest BCUT2D eigenvalue weighted by molar-refractivity contribution is 0.144. The predicted molar refractivity (Wildman–Crippen MR) is 69.0 cm³/mol. The number of piperidine rings is 1. The molecule has 3 nitrogen and oxygen atoms in total. The molecule has 1 aromatic heterocycles. The van der Waals surface area contributed by atoms with Crippen molar-refractivity contribution in [1.82, 2.24) is 9.97 Å². The van der Waals surface area contributed by atoms with Gasteiger partial charge >= 0.3 is 0 Å². The lowest BCUT2D eigenvalue weighted by Crippen LogP contribution is -2.41. The van der Waals surface area contributed by atoms with E-state index in [4.69, 9.17) is 0 Å². The van der Waals surface area contributed by atoms with Crippen LogP contribution >= 0.6 is 0 Å². The lowest BCUT2D eigenvalue weighted by atomic mass is 9.68. The van der Waals surface area contributed by atoms with E-state index in [0.29, 0.717) is 5.41 Å². The number of rotatable bonds is 1. The highest BCUT2D eigenvalue weighted by molar-refractivity contribution is 5.37. The third kappa shape index (κ3) is 2.33. The lowest BCUT2D eigenvalue weighted by Gasteiger charge is -2.44. The Hall–Kier alpha value is -1.19. The summed E-state index contributed by atoms with van der Waals surface area (Å²) in [6.07, 6.45) is 10.7. The van der Waals surface area contributed by atoms with E-state index in [-0.39, 0.29) is 0 Å². The minimum absolute atomic E-state index is 0.432. The Morgan fingerprint density at radius 1 is 1.00 bits per heavy atom. The summed E-state index contributed by atoms with van der Waals surface area (Å²) in [6.45, 7) is 2.02. The van der Waals surface area contributed by atoms with Crippen LogP contribution in [0.3, 0.4) is 0 Å². The molecule has 2 heterocycles. The fraction of sp³-hybridized carbons (Fsp3) is 0.714. The molecule has 0 bridgehead atoms. The van der Waals surface area contributed by atoms with Gasteiger partial charge in [-0.25, -0.2) is 9.97 Å². The summed E-state index contributed by atoms with van der Waals surface area (Å²) in [5.41, 5.74) is 0.584. The van der Waals surface area contributed by atoms with Gasteiger partial charge in [0.1, 0.15) is 12.1 Å². The predicted octanol–water partition coefficient (Wildman–Crippen LogP) is 3.17. The number of halogens is 1. The highest BCUT2D eigenvalue weighted by atomic mass is 19.1. The number of anilines is 1. The minimum Gasteiger partial charge on any atom is -0.356 e. The number of hydrogen-bond acceptors (Lipinski definition) is 3. The second-order valence-electron chi connectivity index (χ2n) is 5.75. The van der Waals surface area contributed by atoms with Crippen molar-refractivity contribution in [2.24, 2.45) is 5.41 Å². The fourth-order valence-electron chi connectivity index (χ4n) is 3.51. The summed E-state index contributed by atoms with van der Waals surface area (Å²) in [6, 6.07) is 1.44. The van der Waals surface area contributed by atoms with Gasteiger partial charge in [-0.2, -0.15) is 4.39 Å². The standard InChI is InChI=1S/C14H20FN3/c15-12-10-13(17-11-16-12)18-8-6-14(7-9-18)4-2-1-3-5-14/h10-11H,1-9H2. The van der Waals surface area contributed by atoms with Gasteiger partial charge in [0, 0.05) is 19.2 Å². The number of hydrogen-bond donors (Lipinski definition) is 0. The SMILES string of the molecule is Fc1cc(N2CCC3(CCCCC3)CC2)ncn1. The maximum absolute atomic E-state index is 13.1. The van der Waals surface area contributed by atoms with E-state index in [1.807, 2.05) is 0 Å². The Morgan fingerprint density at radius 3 is 2.39 bits per heavy atom. The van der Waals surface area contributed by atoms with Gasteiger partial charge in [0.25, 0.3) is 0 Å². The molecule has 4 heteroatoms. The molecule has 1 aliphatic carbocycles. The van der Waals surface area contributed by atoms with Crippen molar-refractivity contribution in [3.8, 4) is 0 Å². The molecule has 18 heavy (non-hydrogen) atoms. The smallest absolute Gasteiger partial charge is 0.218 e. The van der Waals surface area contributed by atoms with E-state index in [1.54, 1.807) is 0 Å². The van der Waals surface area contributed by atoms with Crippen LogP contribution in [0.1, 0.15) is 44.9 Å². The monoisotopic (exact) mass is 249 g/mol. The maximum atomic E-state index is 13.1. The fourth-order valence-corrected chi connectivity index (χ4v) is 3.51. The van der Waals surface area contributed by atoms with Crippen molar-refractivity contribution < 1.29 is 4.39 Å². The van der Waals surface area contributed by atoms with E-state index in [9.17, 15) is 4.39 Å². The molecule has 0 N–H and O–H groups in total. The normalized spacial score (nSPS) is 23.3. The molecule has 3 rings (SSSR count). The highest BCUT2D eigenvalue weighted by Crippen LogP contribution is 2.44. The van der Waals surface area contributed by atoms with E-state index in [2.05, 4.69) is 14.9 Å². The van der Waals surface area contributed by atoms with Gasteiger partial charge in [-0.15, -0.1) is 0 Å². The van der Waals surface area contributed by atoms with Crippen LogP contribution in [0.4, 0.5) is 10.2 Å². The second-order valence-corrected chi connectivity index (χ2v) is 5.75. The zero-order valence-electron chi connectivity index (χ0n) is 10.7. The topological polar surface area (TPSA) is 29.0 Å². The molecule has 0 amide bonds. The van der Waals surface area contributed by atoms with Gasteiger partial charge in [-0.1, -0.05) is 19.3 Å². The zero-order chi connectivity index (χ0) is 12.4. The minimum atomic E-state index is -0.432. The van der Waals surface area contributed by atoms with Crippen LogP contribution in [-0.2, 0) is 0 Å². The Labute approximate surface area is 107 Å². The summed E-state index contributed by atoms with van der Waals surface area (Å²) in [5.74, 6) is 0.311. The highest BCUT2D eigenvalue weighted by Gasteiger charge is 2.35. The Balaban J connectivity index is 1.66. The van der Waals surface area contributed by atoms with Crippen LogP contribution in [0.2, 0.25) is 0 Å². The maximum Gasteiger partial charge on any atom is 0.218 e. The zero-order valence-corrected chi connectivity index (χ0v) is 10.7. The van der Waals surface area contributed by atoms with E-state index < -0.39 is 5.95 Å². The second kappa shape index (κ2) is 4.82. The summed E-state index contributed by atoms with van der Waals surface area (Å²) in [7, 11) is 0. The van der Waals surface area contributed by atoms with Gasteiger partial charge in [-0.05, 0) is 31.1 Å². The molecule has 0 aromatic carbocycles. The molecular weight excluding hydrogens is 229 g/mol. The molecule has 0 unspecified atom stereocenters. The summed E-state index contributed by atoms with van der Waals surface area (Å²) >= 11 is 0. The van der Waals surface area contributed by atoms with Crippen LogP contribution in [0.25, 0.3) is 0 Å². The number of aromatic nitrogens is 2. The van der Waals surface area contributed by atoms with Crippen LogP contribution in [0, 0.1) is 11.4 Å². The molecule has 0 atom stereocenters. The van der Waals surface area contributed by atoms with Gasteiger partial charge < -0.3 is 4.90 Å². The molecule has 1 aromatic rings. The Bertz CT molecular complexity index is 405. The quantitative estimate of drug-likeness (QED) is 0.716. The molecule has 1 spiro atoms. The largest absolute Gasteiger partial charge is 0.356 e. The van der Waals surface area contributed by atoms with E-state index in [1.165, 1.54) is 57.3 Å². The third-order valence-corrected chi connectivity index (χ3v) is 4.68. The third-order valence-electron chi connectivity index (χ3n) is 4.68. The van der Waals surface area contributed by atoms with Crippen LogP contribution in [0.5, 0.6) is 0 Å². The molecule has 98 valence electrons. The van der Waals surface area contributed by atoms with Crippen molar-refractivity contribution in [2.45, 2.75) is 44.9 Å². The first-order valence-electron chi connectivity index (χ1n) is 7.00. The van der Waals surface area contributed by atoms with Gasteiger partial charge in [0.15, 0.2) is 0 Å². The average molecular weight is 249 g/mol. The summed E-state index contributed by atoms with van der Waals surface area (Å²) in [4.78, 5) is 9.88. The number of nitrogens with zero attached hydrogens (tertiary/aromatic N) is 3. The molecule has 0 radical (unpaired) electrons. The Kier molecular flexibility index (Phi) is 3.18. The van der Waals surface area contributed by atoms with Crippen molar-refractivity contribution in [2.75, 3.05) is 18.0 Å².